The lowest BCUT2D eigenvalue weighted by molar-refractivity contribution is -0.140. The van der Waals surface area contributed by atoms with Crippen molar-refractivity contribution in [3.8, 4) is 21.7 Å². The van der Waals surface area contributed by atoms with Gasteiger partial charge in [0.1, 0.15) is 16.4 Å². The number of rotatable bonds is 7. The van der Waals surface area contributed by atoms with E-state index in [1.54, 1.807) is 38.2 Å². The minimum atomic E-state index is -4.64. The molecule has 1 saturated carbocycles. The molecule has 0 radical (unpaired) electrons. The topological polar surface area (TPSA) is 118 Å². The lowest BCUT2D eigenvalue weighted by Gasteiger charge is -2.19. The maximum atomic E-state index is 13.7. The molecule has 0 bridgehead atoms. The van der Waals surface area contributed by atoms with E-state index in [1.807, 2.05) is 4.57 Å². The summed E-state index contributed by atoms with van der Waals surface area (Å²) in [6.07, 6.45) is -1.63. The van der Waals surface area contributed by atoms with E-state index in [4.69, 9.17) is 4.74 Å². The fourth-order valence-corrected chi connectivity index (χ4v) is 6.88. The van der Waals surface area contributed by atoms with Gasteiger partial charge in [0.15, 0.2) is 5.69 Å². The third kappa shape index (κ3) is 5.43. The third-order valence-electron chi connectivity index (χ3n) is 8.00. The number of urea groups is 1. The molecule has 44 heavy (non-hydrogen) atoms. The SMILES string of the molecule is CCNC(=O)Nc1cc(-c2nc(C(F)(F)F)cs2)c(-c2ccc3c(c2)c(=O)c(C(=O)OCC)cn3[C@H]2[C@@H]3CN(C)C[C@@H]32)cn1. The van der Waals surface area contributed by atoms with Gasteiger partial charge in [-0.2, -0.15) is 13.2 Å². The molecule has 1 aromatic carbocycles. The second-order valence-corrected chi connectivity index (χ2v) is 11.8. The largest absolute Gasteiger partial charge is 0.462 e. The Kier molecular flexibility index (Phi) is 7.66. The van der Waals surface area contributed by atoms with Crippen LogP contribution in [0.15, 0.2) is 46.8 Å². The van der Waals surface area contributed by atoms with Gasteiger partial charge in [-0.3, -0.25) is 10.1 Å². The summed E-state index contributed by atoms with van der Waals surface area (Å²) >= 11 is 0.801. The average Bonchev–Trinajstić information content (AvgIpc) is 3.30. The second-order valence-electron chi connectivity index (χ2n) is 10.9. The number of hydrogen-bond acceptors (Lipinski definition) is 8. The average molecular weight is 627 g/mol. The van der Waals surface area contributed by atoms with Crippen LogP contribution < -0.4 is 16.1 Å². The van der Waals surface area contributed by atoms with Crippen molar-refractivity contribution in [3.05, 3.63) is 63.5 Å². The van der Waals surface area contributed by atoms with Crippen LogP contribution in [0.1, 0.15) is 35.9 Å². The van der Waals surface area contributed by atoms with Crippen LogP contribution in [0.25, 0.3) is 32.6 Å². The van der Waals surface area contributed by atoms with E-state index >= 15 is 0 Å². The van der Waals surface area contributed by atoms with Crippen molar-refractivity contribution in [3.63, 3.8) is 0 Å². The Bertz CT molecular complexity index is 1830. The van der Waals surface area contributed by atoms with Crippen LogP contribution in [0.5, 0.6) is 0 Å². The van der Waals surface area contributed by atoms with E-state index in [9.17, 15) is 27.6 Å². The number of fused-ring (bicyclic) bond motifs is 2. The zero-order valence-corrected chi connectivity index (χ0v) is 24.9. The molecule has 1 aliphatic heterocycles. The predicted molar refractivity (Wildman–Crippen MR) is 160 cm³/mol. The van der Waals surface area contributed by atoms with Crippen molar-refractivity contribution in [2.45, 2.75) is 26.1 Å². The minimum Gasteiger partial charge on any atom is -0.462 e. The van der Waals surface area contributed by atoms with Gasteiger partial charge >= 0.3 is 18.2 Å². The molecular weight excluding hydrogens is 597 g/mol. The fourth-order valence-electron chi connectivity index (χ4n) is 6.02. The summed E-state index contributed by atoms with van der Waals surface area (Å²) in [6.45, 7) is 5.70. The number of likely N-dealkylation sites (tertiary alicyclic amines) is 1. The van der Waals surface area contributed by atoms with Crippen molar-refractivity contribution in [1.29, 1.82) is 0 Å². The Morgan fingerprint density at radius 3 is 2.55 bits per heavy atom. The first-order valence-corrected chi connectivity index (χ1v) is 15.0. The zero-order valence-electron chi connectivity index (χ0n) is 24.1. The van der Waals surface area contributed by atoms with Gasteiger partial charge in [0.25, 0.3) is 0 Å². The molecule has 2 N–H and O–H groups in total. The second kappa shape index (κ2) is 11.3. The van der Waals surface area contributed by atoms with Crippen LogP contribution in [-0.2, 0) is 10.9 Å². The molecule has 1 aliphatic carbocycles. The van der Waals surface area contributed by atoms with Gasteiger partial charge in [-0.05, 0) is 56.5 Å². The van der Waals surface area contributed by atoms with Crippen LogP contribution in [-0.4, -0.2) is 64.7 Å². The maximum absolute atomic E-state index is 13.7. The summed E-state index contributed by atoms with van der Waals surface area (Å²) in [5, 5.41) is 6.41. The third-order valence-corrected chi connectivity index (χ3v) is 8.87. The minimum absolute atomic E-state index is 0.0568. The molecule has 4 heterocycles. The Morgan fingerprint density at radius 2 is 1.89 bits per heavy atom. The van der Waals surface area contributed by atoms with E-state index < -0.39 is 29.3 Å². The number of aromatic nitrogens is 3. The Balaban J connectivity index is 1.50. The zero-order chi connectivity index (χ0) is 31.3. The molecule has 2 fully saturated rings. The number of carbonyl (C=O) groups is 2. The number of amides is 2. The first kappa shape index (κ1) is 29.8. The summed E-state index contributed by atoms with van der Waals surface area (Å²) < 4.78 is 47.6. The van der Waals surface area contributed by atoms with Crippen LogP contribution >= 0.6 is 11.3 Å². The number of piperidine rings is 1. The van der Waals surface area contributed by atoms with E-state index in [0.717, 1.165) is 29.8 Å². The van der Waals surface area contributed by atoms with Crippen molar-refractivity contribution >= 4 is 40.1 Å². The molecule has 230 valence electrons. The van der Waals surface area contributed by atoms with Gasteiger partial charge in [-0.15, -0.1) is 11.3 Å². The van der Waals surface area contributed by atoms with Crippen molar-refractivity contribution in [1.82, 2.24) is 24.8 Å². The molecule has 3 atom stereocenters. The normalized spacial score (nSPS) is 19.5. The molecule has 6 rings (SSSR count). The number of pyridine rings is 2. The number of halogens is 3. The number of esters is 1. The standard InChI is InChI=1S/C30H29F3N6O4S/c1-4-34-29(42)37-24-9-16(27-36-23(14-44-27)30(31,32)33)18(10-35-24)15-6-7-22-17(8-15)26(40)21(28(41)43-5-2)13-39(22)25-19-11-38(3)12-20(19)25/h6-10,13-14,19-20,25H,4-5,11-12H2,1-3H3,(H2,34,35,37,42)/t19-,20+,25+. The molecule has 14 heteroatoms. The van der Waals surface area contributed by atoms with Crippen LogP contribution in [0.3, 0.4) is 0 Å². The summed E-state index contributed by atoms with van der Waals surface area (Å²) in [6, 6.07) is 6.22. The monoisotopic (exact) mass is 626 g/mol. The van der Waals surface area contributed by atoms with Gasteiger partial charge in [-0.25, -0.2) is 19.6 Å². The van der Waals surface area contributed by atoms with Crippen LogP contribution in [0, 0.1) is 11.8 Å². The number of benzene rings is 1. The fraction of sp³-hybridized carbons (Fsp3) is 0.367. The highest BCUT2D eigenvalue weighted by molar-refractivity contribution is 7.13. The Labute approximate surface area is 253 Å². The number of nitrogens with zero attached hydrogens (tertiary/aromatic N) is 4. The molecule has 2 aliphatic rings. The summed E-state index contributed by atoms with van der Waals surface area (Å²) in [4.78, 5) is 49.1. The molecule has 3 aromatic heterocycles. The first-order valence-electron chi connectivity index (χ1n) is 14.1. The smallest absolute Gasteiger partial charge is 0.434 e. The van der Waals surface area contributed by atoms with Gasteiger partial charge in [-0.1, -0.05) is 6.07 Å². The number of ether oxygens (including phenoxy) is 1. The highest BCUT2D eigenvalue weighted by atomic mass is 32.1. The van der Waals surface area contributed by atoms with Crippen molar-refractivity contribution < 1.29 is 27.5 Å². The Hall–Kier alpha value is -4.30. The lowest BCUT2D eigenvalue weighted by atomic mass is 9.99. The molecule has 4 aromatic rings. The summed E-state index contributed by atoms with van der Waals surface area (Å²) in [5.41, 5.74) is 0.184. The molecule has 2 amide bonds. The Morgan fingerprint density at radius 1 is 1.14 bits per heavy atom. The van der Waals surface area contributed by atoms with Gasteiger partial charge in [0.2, 0.25) is 5.43 Å². The van der Waals surface area contributed by atoms with Gasteiger partial charge in [0.05, 0.1) is 12.1 Å². The number of hydrogen-bond donors (Lipinski definition) is 2. The van der Waals surface area contributed by atoms with Gasteiger partial charge in [0, 0.05) is 60.0 Å². The molecule has 0 unspecified atom stereocenters. The first-order chi connectivity index (χ1) is 21.0. The summed E-state index contributed by atoms with van der Waals surface area (Å²) in [7, 11) is 2.06. The van der Waals surface area contributed by atoms with E-state index in [2.05, 4.69) is 32.5 Å². The van der Waals surface area contributed by atoms with E-state index in [-0.39, 0.29) is 40.0 Å². The molecule has 0 spiro atoms. The lowest BCUT2D eigenvalue weighted by Crippen LogP contribution is -2.28. The number of nitrogens with one attached hydrogen (secondary N) is 2. The predicted octanol–water partition coefficient (Wildman–Crippen LogP) is 5.26. The highest BCUT2D eigenvalue weighted by Crippen LogP contribution is 2.55. The number of alkyl halides is 3. The number of anilines is 1. The van der Waals surface area contributed by atoms with Crippen LogP contribution in [0.2, 0.25) is 0 Å². The van der Waals surface area contributed by atoms with E-state index in [1.165, 1.54) is 12.3 Å². The number of carbonyl (C=O) groups excluding carboxylic acids is 2. The molecular formula is C30H29F3N6O4S. The van der Waals surface area contributed by atoms with Gasteiger partial charge < -0.3 is 19.5 Å². The van der Waals surface area contributed by atoms with E-state index in [0.29, 0.717) is 35.0 Å². The summed E-state index contributed by atoms with van der Waals surface area (Å²) in [5.74, 6) is 0.186. The molecule has 1 saturated heterocycles. The number of thiazole rings is 1. The molecule has 10 nitrogen and oxygen atoms in total. The van der Waals surface area contributed by atoms with Crippen molar-refractivity contribution in [2.75, 3.05) is 38.6 Å². The maximum Gasteiger partial charge on any atom is 0.434 e. The van der Waals surface area contributed by atoms with Crippen LogP contribution in [0.4, 0.5) is 23.8 Å². The highest BCUT2D eigenvalue weighted by Gasteiger charge is 2.56. The quantitative estimate of drug-likeness (QED) is 0.269. The van der Waals surface area contributed by atoms with Crippen molar-refractivity contribution in [2.24, 2.45) is 11.8 Å².